The number of hydrogen-bond acceptors (Lipinski definition) is 4. The number of benzene rings is 1. The van der Waals surface area contributed by atoms with E-state index in [-0.39, 0.29) is 6.10 Å². The Morgan fingerprint density at radius 1 is 1.27 bits per heavy atom. The average molecular weight is 307 g/mol. The molecule has 0 aromatic heterocycles. The first-order valence-electron chi connectivity index (χ1n) is 7.82. The van der Waals surface area contributed by atoms with Crippen LogP contribution >= 0.6 is 0 Å². The fourth-order valence-electron chi connectivity index (χ4n) is 2.36. The zero-order chi connectivity index (χ0) is 16.2. The number of aliphatic hydroxyl groups excluding tert-OH is 1. The van der Waals surface area contributed by atoms with Gasteiger partial charge in [-0.1, -0.05) is 18.2 Å². The molecule has 4 heteroatoms. The minimum absolute atomic E-state index is 0.321. The van der Waals surface area contributed by atoms with Crippen LogP contribution < -0.4 is 4.74 Å². The smallest absolute Gasteiger partial charge is 0.118 e. The predicted molar refractivity (Wildman–Crippen MR) is 90.2 cm³/mol. The molecule has 0 aliphatic heterocycles. The quantitative estimate of drug-likeness (QED) is 0.476. The number of hydrogen-bond donors (Lipinski definition) is 1. The van der Waals surface area contributed by atoms with Crippen LogP contribution in [-0.2, 0) is 11.3 Å². The molecule has 0 saturated carbocycles. The normalized spacial score (nSPS) is 12.4. The molecule has 1 rings (SSSR count). The van der Waals surface area contributed by atoms with Crippen molar-refractivity contribution < 1.29 is 14.6 Å². The molecule has 1 atom stereocenters. The van der Waals surface area contributed by atoms with Crippen molar-refractivity contribution in [1.29, 1.82) is 0 Å². The highest BCUT2D eigenvalue weighted by molar-refractivity contribution is 5.27. The molecule has 124 valence electrons. The van der Waals surface area contributed by atoms with Crippen molar-refractivity contribution >= 4 is 0 Å². The van der Waals surface area contributed by atoms with Crippen molar-refractivity contribution in [2.45, 2.75) is 31.9 Å². The molecule has 0 spiro atoms. The summed E-state index contributed by atoms with van der Waals surface area (Å²) in [5, 5.41) is 10.1. The molecule has 0 heterocycles. The third kappa shape index (κ3) is 7.59. The fraction of sp³-hybridized carbons (Fsp3) is 0.556. The zero-order valence-electron chi connectivity index (χ0n) is 13.8. The standard InChI is InChI=1S/C18H29NO3/c1-4-5-7-17(20)15-19(12-6-13-21-2)14-16-8-10-18(22-3)11-9-16/h4,8-11,17,20H,1,5-7,12-15H2,2-3H3/t17-/m0/s1. The lowest BCUT2D eigenvalue weighted by Gasteiger charge is -2.25. The first-order valence-corrected chi connectivity index (χ1v) is 7.82. The van der Waals surface area contributed by atoms with E-state index in [2.05, 4.69) is 23.6 Å². The fourth-order valence-corrected chi connectivity index (χ4v) is 2.36. The molecule has 1 aromatic rings. The van der Waals surface area contributed by atoms with Gasteiger partial charge in [0.25, 0.3) is 0 Å². The van der Waals surface area contributed by atoms with Crippen LogP contribution in [0.3, 0.4) is 0 Å². The number of aliphatic hydroxyl groups is 1. The highest BCUT2D eigenvalue weighted by Gasteiger charge is 2.12. The number of methoxy groups -OCH3 is 2. The zero-order valence-corrected chi connectivity index (χ0v) is 13.8. The van der Waals surface area contributed by atoms with E-state index in [0.717, 1.165) is 44.7 Å². The summed E-state index contributed by atoms with van der Waals surface area (Å²) in [5.41, 5.74) is 1.22. The lowest BCUT2D eigenvalue weighted by molar-refractivity contribution is 0.0941. The SMILES string of the molecule is C=CCC[C@H](O)CN(CCCOC)Cc1ccc(OC)cc1. The lowest BCUT2D eigenvalue weighted by Crippen LogP contribution is -2.33. The number of nitrogens with zero attached hydrogens (tertiary/aromatic N) is 1. The molecular weight excluding hydrogens is 278 g/mol. The van der Waals surface area contributed by atoms with Crippen LogP contribution in [-0.4, -0.2) is 50.0 Å². The monoisotopic (exact) mass is 307 g/mol. The topological polar surface area (TPSA) is 41.9 Å². The predicted octanol–water partition coefficient (Wildman–Crippen LogP) is 2.86. The van der Waals surface area contributed by atoms with Crippen LogP contribution in [0, 0.1) is 0 Å². The van der Waals surface area contributed by atoms with Gasteiger partial charge in [0.15, 0.2) is 0 Å². The molecule has 0 radical (unpaired) electrons. The summed E-state index contributed by atoms with van der Waals surface area (Å²) < 4.78 is 10.3. The van der Waals surface area contributed by atoms with Crippen LogP contribution in [0.25, 0.3) is 0 Å². The molecule has 0 saturated heterocycles. The summed E-state index contributed by atoms with van der Waals surface area (Å²) in [6.45, 7) is 6.84. The maximum atomic E-state index is 10.1. The van der Waals surface area contributed by atoms with Gasteiger partial charge in [-0.25, -0.2) is 0 Å². The Kier molecular flexibility index (Phi) is 9.55. The number of allylic oxidation sites excluding steroid dienone is 1. The van der Waals surface area contributed by atoms with E-state index < -0.39 is 0 Å². The molecule has 0 unspecified atom stereocenters. The van der Waals surface area contributed by atoms with Gasteiger partial charge in [-0.2, -0.15) is 0 Å². The van der Waals surface area contributed by atoms with Gasteiger partial charge in [0, 0.05) is 33.4 Å². The van der Waals surface area contributed by atoms with Crippen molar-refractivity contribution in [3.8, 4) is 5.75 Å². The molecule has 1 aromatic carbocycles. The van der Waals surface area contributed by atoms with Crippen LogP contribution in [0.1, 0.15) is 24.8 Å². The minimum atomic E-state index is -0.321. The lowest BCUT2D eigenvalue weighted by atomic mass is 10.1. The van der Waals surface area contributed by atoms with Gasteiger partial charge in [-0.3, -0.25) is 4.90 Å². The Morgan fingerprint density at radius 3 is 2.59 bits per heavy atom. The second kappa shape index (κ2) is 11.2. The first-order chi connectivity index (χ1) is 10.7. The van der Waals surface area contributed by atoms with Crippen molar-refractivity contribution in [1.82, 2.24) is 4.90 Å². The van der Waals surface area contributed by atoms with E-state index in [1.54, 1.807) is 14.2 Å². The third-order valence-electron chi connectivity index (χ3n) is 3.56. The summed E-state index contributed by atoms with van der Waals surface area (Å²) in [5.74, 6) is 0.862. The van der Waals surface area contributed by atoms with Crippen molar-refractivity contribution in [2.24, 2.45) is 0 Å². The Bertz CT molecular complexity index is 405. The van der Waals surface area contributed by atoms with E-state index in [4.69, 9.17) is 9.47 Å². The van der Waals surface area contributed by atoms with E-state index in [1.165, 1.54) is 5.56 Å². The first kappa shape index (κ1) is 18.7. The molecule has 1 N–H and O–H groups in total. The second-order valence-corrected chi connectivity index (χ2v) is 5.45. The van der Waals surface area contributed by atoms with Crippen LogP contribution in [0.5, 0.6) is 5.75 Å². The third-order valence-corrected chi connectivity index (χ3v) is 3.56. The summed E-state index contributed by atoms with van der Waals surface area (Å²) in [4.78, 5) is 2.27. The van der Waals surface area contributed by atoms with Crippen molar-refractivity contribution in [3.05, 3.63) is 42.5 Å². The van der Waals surface area contributed by atoms with Crippen molar-refractivity contribution in [3.63, 3.8) is 0 Å². The van der Waals surface area contributed by atoms with E-state index in [1.807, 2.05) is 18.2 Å². The summed E-state index contributed by atoms with van der Waals surface area (Å²) in [7, 11) is 3.38. The van der Waals surface area contributed by atoms with E-state index in [9.17, 15) is 5.11 Å². The van der Waals surface area contributed by atoms with Crippen LogP contribution in [0.15, 0.2) is 36.9 Å². The Balaban J connectivity index is 2.56. The van der Waals surface area contributed by atoms with E-state index in [0.29, 0.717) is 6.54 Å². The van der Waals surface area contributed by atoms with Gasteiger partial charge < -0.3 is 14.6 Å². The van der Waals surface area contributed by atoms with Gasteiger partial charge in [-0.15, -0.1) is 6.58 Å². The molecule has 22 heavy (non-hydrogen) atoms. The molecule has 4 nitrogen and oxygen atoms in total. The molecule has 0 bridgehead atoms. The number of ether oxygens (including phenoxy) is 2. The largest absolute Gasteiger partial charge is 0.497 e. The molecule has 0 fully saturated rings. The average Bonchev–Trinajstić information content (AvgIpc) is 2.53. The second-order valence-electron chi connectivity index (χ2n) is 5.45. The summed E-state index contributed by atoms with van der Waals surface area (Å²) in [6, 6.07) is 8.07. The Labute approximate surface area is 134 Å². The Morgan fingerprint density at radius 2 is 2.00 bits per heavy atom. The highest BCUT2D eigenvalue weighted by atomic mass is 16.5. The van der Waals surface area contributed by atoms with Crippen molar-refractivity contribution in [2.75, 3.05) is 33.9 Å². The number of rotatable bonds is 12. The van der Waals surface area contributed by atoms with Gasteiger partial charge in [0.05, 0.1) is 13.2 Å². The molecule has 0 aliphatic rings. The van der Waals surface area contributed by atoms with Crippen LogP contribution in [0.4, 0.5) is 0 Å². The van der Waals surface area contributed by atoms with Gasteiger partial charge >= 0.3 is 0 Å². The summed E-state index contributed by atoms with van der Waals surface area (Å²) in [6.07, 6.45) is 4.09. The maximum Gasteiger partial charge on any atom is 0.118 e. The van der Waals surface area contributed by atoms with Gasteiger partial charge in [0.2, 0.25) is 0 Å². The maximum absolute atomic E-state index is 10.1. The molecular formula is C18H29NO3. The van der Waals surface area contributed by atoms with E-state index >= 15 is 0 Å². The molecule has 0 aliphatic carbocycles. The molecule has 0 amide bonds. The van der Waals surface area contributed by atoms with Gasteiger partial charge in [-0.05, 0) is 37.0 Å². The van der Waals surface area contributed by atoms with Gasteiger partial charge in [0.1, 0.15) is 5.75 Å². The van der Waals surface area contributed by atoms with Crippen LogP contribution in [0.2, 0.25) is 0 Å². The minimum Gasteiger partial charge on any atom is -0.497 e. The Hall–Kier alpha value is -1.36. The summed E-state index contributed by atoms with van der Waals surface area (Å²) >= 11 is 0. The highest BCUT2D eigenvalue weighted by Crippen LogP contribution is 2.14.